The van der Waals surface area contributed by atoms with Crippen LogP contribution in [0.25, 0.3) is 0 Å². The summed E-state index contributed by atoms with van der Waals surface area (Å²) in [5.74, 6) is 0.718. The molecular formula is C22H24N4O2. The van der Waals surface area contributed by atoms with Crippen LogP contribution in [0.5, 0.6) is 0 Å². The van der Waals surface area contributed by atoms with E-state index >= 15 is 0 Å². The Morgan fingerprint density at radius 3 is 2.39 bits per heavy atom. The Balaban J connectivity index is 1.73. The van der Waals surface area contributed by atoms with Gasteiger partial charge < -0.3 is 15.4 Å². The summed E-state index contributed by atoms with van der Waals surface area (Å²) in [6.45, 7) is 6.55. The number of aromatic nitrogens is 2. The summed E-state index contributed by atoms with van der Waals surface area (Å²) < 4.78 is 4.75. The van der Waals surface area contributed by atoms with Gasteiger partial charge in [0.2, 0.25) is 5.95 Å². The first-order chi connectivity index (χ1) is 13.3. The van der Waals surface area contributed by atoms with Gasteiger partial charge in [-0.1, -0.05) is 39.0 Å². The van der Waals surface area contributed by atoms with Crippen molar-refractivity contribution in [2.24, 2.45) is 0 Å². The van der Waals surface area contributed by atoms with Crippen LogP contribution in [0.3, 0.4) is 0 Å². The molecule has 0 atom stereocenters. The molecule has 2 N–H and O–H groups in total. The number of ether oxygens (including phenoxy) is 1. The van der Waals surface area contributed by atoms with Crippen molar-refractivity contribution in [1.82, 2.24) is 9.97 Å². The number of carbonyl (C=O) groups is 1. The molecule has 0 saturated heterocycles. The van der Waals surface area contributed by atoms with Gasteiger partial charge in [-0.05, 0) is 47.4 Å². The zero-order valence-corrected chi connectivity index (χ0v) is 16.5. The molecule has 0 saturated carbocycles. The lowest BCUT2D eigenvalue weighted by Gasteiger charge is -2.19. The third-order valence-electron chi connectivity index (χ3n) is 4.22. The molecule has 0 unspecified atom stereocenters. The molecule has 0 amide bonds. The molecule has 3 rings (SSSR count). The van der Waals surface area contributed by atoms with E-state index in [1.807, 2.05) is 18.2 Å². The van der Waals surface area contributed by atoms with Gasteiger partial charge >= 0.3 is 5.97 Å². The zero-order valence-electron chi connectivity index (χ0n) is 16.5. The first kappa shape index (κ1) is 19.4. The molecule has 1 aromatic heterocycles. The topological polar surface area (TPSA) is 76.1 Å². The fourth-order valence-electron chi connectivity index (χ4n) is 2.66. The molecule has 0 bridgehead atoms. The van der Waals surface area contributed by atoms with Crippen LogP contribution >= 0.6 is 0 Å². The molecule has 6 nitrogen and oxygen atoms in total. The molecule has 0 aliphatic carbocycles. The molecule has 0 spiro atoms. The minimum Gasteiger partial charge on any atom is -0.465 e. The molecule has 2 aromatic carbocycles. The van der Waals surface area contributed by atoms with Gasteiger partial charge in [0.05, 0.1) is 12.7 Å². The quantitative estimate of drug-likeness (QED) is 0.607. The van der Waals surface area contributed by atoms with Crippen LogP contribution in [0.4, 0.5) is 23.1 Å². The van der Waals surface area contributed by atoms with E-state index in [9.17, 15) is 4.79 Å². The predicted molar refractivity (Wildman–Crippen MR) is 112 cm³/mol. The van der Waals surface area contributed by atoms with Crippen LogP contribution in [-0.2, 0) is 10.2 Å². The number of anilines is 4. The molecular weight excluding hydrogens is 352 g/mol. The van der Waals surface area contributed by atoms with Crippen molar-refractivity contribution in [3.05, 3.63) is 71.9 Å². The molecule has 6 heteroatoms. The maximum Gasteiger partial charge on any atom is 0.337 e. The van der Waals surface area contributed by atoms with Gasteiger partial charge in [-0.25, -0.2) is 9.78 Å². The molecule has 0 aliphatic heterocycles. The first-order valence-corrected chi connectivity index (χ1v) is 9.01. The van der Waals surface area contributed by atoms with Gasteiger partial charge in [0.1, 0.15) is 5.82 Å². The standard InChI is InChI=1S/C22H24N4O2/c1-22(2,3)16-8-10-17(11-9-16)25-21-23-13-12-19(26-21)24-18-7-5-6-15(14-18)20(27)28-4/h5-14H,1-4H3,(H2,23,24,25,26). The number of carbonyl (C=O) groups excluding carboxylic acids is 1. The lowest BCUT2D eigenvalue weighted by molar-refractivity contribution is 0.0601. The third kappa shape index (κ3) is 4.85. The Labute approximate surface area is 165 Å². The molecule has 144 valence electrons. The Kier molecular flexibility index (Phi) is 5.59. The van der Waals surface area contributed by atoms with Crippen LogP contribution in [-0.4, -0.2) is 23.0 Å². The highest BCUT2D eigenvalue weighted by molar-refractivity contribution is 5.90. The van der Waals surface area contributed by atoms with Gasteiger partial charge in [-0.2, -0.15) is 4.98 Å². The molecule has 0 fully saturated rings. The second-order valence-electron chi connectivity index (χ2n) is 7.42. The Hall–Kier alpha value is -3.41. The highest BCUT2D eigenvalue weighted by Crippen LogP contribution is 2.24. The van der Waals surface area contributed by atoms with Crippen LogP contribution in [0.1, 0.15) is 36.7 Å². The van der Waals surface area contributed by atoms with E-state index in [1.54, 1.807) is 30.5 Å². The van der Waals surface area contributed by atoms with Crippen molar-refractivity contribution in [3.63, 3.8) is 0 Å². The number of esters is 1. The summed E-state index contributed by atoms with van der Waals surface area (Å²) in [7, 11) is 1.36. The largest absolute Gasteiger partial charge is 0.465 e. The Morgan fingerprint density at radius 2 is 1.71 bits per heavy atom. The number of hydrogen-bond acceptors (Lipinski definition) is 6. The van der Waals surface area contributed by atoms with Crippen LogP contribution in [0.2, 0.25) is 0 Å². The average Bonchev–Trinajstić information content (AvgIpc) is 2.67. The van der Waals surface area contributed by atoms with Crippen molar-refractivity contribution in [2.75, 3.05) is 17.7 Å². The normalized spacial score (nSPS) is 11.0. The van der Waals surface area contributed by atoms with E-state index in [0.717, 1.165) is 11.4 Å². The van der Waals surface area contributed by atoms with Gasteiger partial charge in [-0.3, -0.25) is 0 Å². The summed E-state index contributed by atoms with van der Waals surface area (Å²) in [5, 5.41) is 6.39. The van der Waals surface area contributed by atoms with Crippen molar-refractivity contribution < 1.29 is 9.53 Å². The van der Waals surface area contributed by atoms with Crippen LogP contribution < -0.4 is 10.6 Å². The van der Waals surface area contributed by atoms with E-state index < -0.39 is 0 Å². The highest BCUT2D eigenvalue weighted by Gasteiger charge is 2.13. The zero-order chi connectivity index (χ0) is 20.1. The van der Waals surface area contributed by atoms with Crippen molar-refractivity contribution in [3.8, 4) is 0 Å². The molecule has 0 radical (unpaired) electrons. The number of benzene rings is 2. The highest BCUT2D eigenvalue weighted by atomic mass is 16.5. The summed E-state index contributed by atoms with van der Waals surface area (Å²) in [6, 6.07) is 17.0. The fourth-order valence-corrected chi connectivity index (χ4v) is 2.66. The Bertz CT molecular complexity index is 963. The van der Waals surface area contributed by atoms with Crippen LogP contribution in [0, 0.1) is 0 Å². The first-order valence-electron chi connectivity index (χ1n) is 9.01. The average molecular weight is 376 g/mol. The van der Waals surface area contributed by atoms with E-state index in [2.05, 4.69) is 53.5 Å². The number of nitrogens with one attached hydrogen (secondary N) is 2. The van der Waals surface area contributed by atoms with E-state index in [4.69, 9.17) is 4.74 Å². The minimum absolute atomic E-state index is 0.109. The van der Waals surface area contributed by atoms with E-state index in [1.165, 1.54) is 12.7 Å². The number of nitrogens with zero attached hydrogens (tertiary/aromatic N) is 2. The van der Waals surface area contributed by atoms with Crippen molar-refractivity contribution in [2.45, 2.75) is 26.2 Å². The smallest absolute Gasteiger partial charge is 0.337 e. The van der Waals surface area contributed by atoms with Gasteiger partial charge in [0, 0.05) is 17.6 Å². The summed E-state index contributed by atoms with van der Waals surface area (Å²) in [4.78, 5) is 20.4. The van der Waals surface area contributed by atoms with E-state index in [0.29, 0.717) is 17.3 Å². The summed E-state index contributed by atoms with van der Waals surface area (Å²) >= 11 is 0. The number of rotatable bonds is 5. The molecule has 1 heterocycles. The summed E-state index contributed by atoms with van der Waals surface area (Å²) in [5.41, 5.74) is 3.50. The van der Waals surface area contributed by atoms with Crippen molar-refractivity contribution >= 4 is 29.1 Å². The summed E-state index contributed by atoms with van der Waals surface area (Å²) in [6.07, 6.45) is 1.67. The van der Waals surface area contributed by atoms with Crippen LogP contribution in [0.15, 0.2) is 60.8 Å². The van der Waals surface area contributed by atoms with Gasteiger partial charge in [0.25, 0.3) is 0 Å². The monoisotopic (exact) mass is 376 g/mol. The maximum atomic E-state index is 11.7. The predicted octanol–water partition coefficient (Wildman–Crippen LogP) is 5.05. The lowest BCUT2D eigenvalue weighted by Crippen LogP contribution is -2.10. The molecule has 3 aromatic rings. The SMILES string of the molecule is COC(=O)c1cccc(Nc2ccnc(Nc3ccc(C(C)(C)C)cc3)n2)c1. The second-order valence-corrected chi connectivity index (χ2v) is 7.42. The fraction of sp³-hybridized carbons (Fsp3) is 0.227. The maximum absolute atomic E-state index is 11.7. The third-order valence-corrected chi connectivity index (χ3v) is 4.22. The van der Waals surface area contributed by atoms with Crippen molar-refractivity contribution in [1.29, 1.82) is 0 Å². The lowest BCUT2D eigenvalue weighted by atomic mass is 9.87. The molecule has 28 heavy (non-hydrogen) atoms. The number of hydrogen-bond donors (Lipinski definition) is 2. The second kappa shape index (κ2) is 8.08. The Morgan fingerprint density at radius 1 is 0.964 bits per heavy atom. The molecule has 0 aliphatic rings. The van der Waals surface area contributed by atoms with E-state index in [-0.39, 0.29) is 11.4 Å². The minimum atomic E-state index is -0.382. The number of methoxy groups -OCH3 is 1. The van der Waals surface area contributed by atoms with Gasteiger partial charge in [0.15, 0.2) is 0 Å². The van der Waals surface area contributed by atoms with Gasteiger partial charge in [-0.15, -0.1) is 0 Å².